The van der Waals surface area contributed by atoms with Crippen LogP contribution < -0.4 is 10.2 Å². The molecule has 1 aliphatic heterocycles. The number of nitriles is 1. The molecule has 1 aliphatic rings. The number of halogens is 2. The largest absolute Gasteiger partial charge is 0.321 e. The van der Waals surface area contributed by atoms with Gasteiger partial charge in [-0.15, -0.1) is 0 Å². The summed E-state index contributed by atoms with van der Waals surface area (Å²) in [5.74, 6) is -0.806. The van der Waals surface area contributed by atoms with Crippen molar-refractivity contribution >= 4 is 58.2 Å². The molecule has 0 radical (unpaired) electrons. The van der Waals surface area contributed by atoms with Crippen molar-refractivity contribution in [2.45, 2.75) is 32.4 Å². The summed E-state index contributed by atoms with van der Waals surface area (Å²) < 4.78 is 0. The molecule has 1 N–H and O–H groups in total. The van der Waals surface area contributed by atoms with Crippen LogP contribution >= 0.6 is 35.0 Å². The van der Waals surface area contributed by atoms with E-state index in [9.17, 15) is 14.9 Å². The van der Waals surface area contributed by atoms with Gasteiger partial charge < -0.3 is 5.32 Å². The molecule has 0 bridgehead atoms. The molecule has 0 saturated carbocycles. The Hall–Kier alpha value is -3.24. The Morgan fingerprint density at radius 3 is 2.50 bits per heavy atom. The van der Waals surface area contributed by atoms with Gasteiger partial charge in [-0.3, -0.25) is 14.5 Å². The van der Waals surface area contributed by atoms with Crippen LogP contribution in [-0.4, -0.2) is 17.1 Å². The number of carbonyl (C=O) groups excluding carboxylic acids is 2. The van der Waals surface area contributed by atoms with Crippen molar-refractivity contribution in [3.63, 3.8) is 0 Å². The van der Waals surface area contributed by atoms with Crippen molar-refractivity contribution in [3.8, 4) is 6.07 Å². The topological polar surface area (TPSA) is 73.2 Å². The molecule has 8 heteroatoms. The van der Waals surface area contributed by atoms with Crippen molar-refractivity contribution in [2.75, 3.05) is 10.2 Å². The van der Waals surface area contributed by atoms with Crippen LogP contribution in [0.4, 0.5) is 11.4 Å². The van der Waals surface area contributed by atoms with Crippen molar-refractivity contribution in [2.24, 2.45) is 0 Å². The molecule has 1 unspecified atom stereocenters. The third-order valence-electron chi connectivity index (χ3n) is 5.97. The number of thioether (sulfide) groups is 1. The van der Waals surface area contributed by atoms with E-state index in [4.69, 9.17) is 23.2 Å². The van der Waals surface area contributed by atoms with Crippen molar-refractivity contribution in [1.29, 1.82) is 5.26 Å². The third kappa shape index (κ3) is 5.29. The Morgan fingerprint density at radius 1 is 1.06 bits per heavy atom. The fourth-order valence-corrected chi connectivity index (χ4v) is 5.60. The standard InChI is InChI=1S/C28H23Cl2N3O2S/c1-16-6-4-8-20(12-16)32-26(34)22(15-31)28-33(21-11-10-17(2)18(3)13-21)27(35)24(36-28)14-19-7-5-9-23(29)25(19)30/h4-13,24H,14H2,1-3H3,(H,32,34)/b28-22-. The molecule has 1 fully saturated rings. The Kier molecular flexibility index (Phi) is 7.75. The van der Waals surface area contributed by atoms with E-state index in [0.29, 0.717) is 32.9 Å². The van der Waals surface area contributed by atoms with Gasteiger partial charge in [0.2, 0.25) is 5.91 Å². The average molecular weight is 536 g/mol. The molecule has 1 heterocycles. The fourth-order valence-electron chi connectivity index (χ4n) is 3.91. The van der Waals surface area contributed by atoms with Gasteiger partial charge in [0.25, 0.3) is 5.91 Å². The lowest BCUT2D eigenvalue weighted by molar-refractivity contribution is -0.117. The maximum Gasteiger partial charge on any atom is 0.269 e. The zero-order chi connectivity index (χ0) is 26.0. The van der Waals surface area contributed by atoms with E-state index in [2.05, 4.69) is 5.32 Å². The molecule has 4 rings (SSSR count). The van der Waals surface area contributed by atoms with Crippen LogP contribution in [0.3, 0.4) is 0 Å². The summed E-state index contributed by atoms with van der Waals surface area (Å²) in [7, 11) is 0. The van der Waals surface area contributed by atoms with E-state index in [1.165, 1.54) is 16.7 Å². The highest BCUT2D eigenvalue weighted by Gasteiger charge is 2.41. The monoisotopic (exact) mass is 535 g/mol. The van der Waals surface area contributed by atoms with E-state index in [-0.39, 0.29) is 11.5 Å². The van der Waals surface area contributed by atoms with E-state index >= 15 is 0 Å². The number of benzene rings is 3. The molecular formula is C28H23Cl2N3O2S. The van der Waals surface area contributed by atoms with Crippen molar-refractivity contribution in [1.82, 2.24) is 0 Å². The summed E-state index contributed by atoms with van der Waals surface area (Å²) in [4.78, 5) is 28.4. The van der Waals surface area contributed by atoms with Gasteiger partial charge in [0.15, 0.2) is 0 Å². The number of nitrogens with one attached hydrogen (secondary N) is 1. The van der Waals surface area contributed by atoms with Crippen LogP contribution in [0.1, 0.15) is 22.3 Å². The zero-order valence-electron chi connectivity index (χ0n) is 19.9. The first-order valence-electron chi connectivity index (χ1n) is 11.2. The second-order valence-electron chi connectivity index (χ2n) is 8.58. The van der Waals surface area contributed by atoms with Crippen LogP contribution in [0.5, 0.6) is 0 Å². The number of carbonyl (C=O) groups is 2. The number of anilines is 2. The Morgan fingerprint density at radius 2 is 1.81 bits per heavy atom. The number of hydrogen-bond donors (Lipinski definition) is 1. The first-order valence-corrected chi connectivity index (χ1v) is 12.9. The summed E-state index contributed by atoms with van der Waals surface area (Å²) in [5, 5.41) is 13.3. The Bertz CT molecular complexity index is 1440. The molecular weight excluding hydrogens is 513 g/mol. The maximum absolute atomic E-state index is 13.7. The summed E-state index contributed by atoms with van der Waals surface area (Å²) in [6.45, 7) is 5.85. The van der Waals surface area contributed by atoms with Gasteiger partial charge in [-0.25, -0.2) is 0 Å². The van der Waals surface area contributed by atoms with Gasteiger partial charge in [0.05, 0.1) is 15.3 Å². The van der Waals surface area contributed by atoms with Crippen LogP contribution in [0, 0.1) is 32.1 Å². The van der Waals surface area contributed by atoms with Crippen LogP contribution in [0.2, 0.25) is 10.0 Å². The van der Waals surface area contributed by atoms with Gasteiger partial charge in [-0.05, 0) is 79.8 Å². The molecule has 36 heavy (non-hydrogen) atoms. The fraction of sp³-hybridized carbons (Fsp3) is 0.179. The average Bonchev–Trinajstić information content (AvgIpc) is 3.14. The number of rotatable bonds is 5. The number of aryl methyl sites for hydroxylation is 3. The summed E-state index contributed by atoms with van der Waals surface area (Å²) >= 11 is 13.8. The van der Waals surface area contributed by atoms with E-state index in [0.717, 1.165) is 22.3 Å². The highest BCUT2D eigenvalue weighted by Crippen LogP contribution is 2.43. The SMILES string of the molecule is Cc1cccc(NC(=O)/C(C#N)=C2\SC(Cc3cccc(Cl)c3Cl)C(=O)N2c2ccc(C)c(C)c2)c1. The minimum Gasteiger partial charge on any atom is -0.321 e. The first-order chi connectivity index (χ1) is 17.2. The minimum absolute atomic E-state index is 0.132. The smallest absolute Gasteiger partial charge is 0.269 e. The predicted octanol–water partition coefficient (Wildman–Crippen LogP) is 6.98. The molecule has 0 aliphatic carbocycles. The van der Waals surface area contributed by atoms with Crippen molar-refractivity contribution < 1.29 is 9.59 Å². The molecule has 3 aromatic rings. The first kappa shape index (κ1) is 25.8. The van der Waals surface area contributed by atoms with Crippen molar-refractivity contribution in [3.05, 3.63) is 104 Å². The number of nitrogens with zero attached hydrogens (tertiary/aromatic N) is 2. The normalized spacial score (nSPS) is 16.6. The van der Waals surface area contributed by atoms with Crippen LogP contribution in [0.25, 0.3) is 0 Å². The Labute approximate surface area is 224 Å². The van der Waals surface area contributed by atoms with Crippen LogP contribution in [0.15, 0.2) is 71.3 Å². The molecule has 3 aromatic carbocycles. The molecule has 2 amide bonds. The van der Waals surface area contributed by atoms with Gasteiger partial charge >= 0.3 is 0 Å². The zero-order valence-corrected chi connectivity index (χ0v) is 22.3. The predicted molar refractivity (Wildman–Crippen MR) is 147 cm³/mol. The maximum atomic E-state index is 13.7. The lowest BCUT2D eigenvalue weighted by Crippen LogP contribution is -2.31. The van der Waals surface area contributed by atoms with Gasteiger partial charge in [0.1, 0.15) is 16.7 Å². The summed E-state index contributed by atoms with van der Waals surface area (Å²) in [5.41, 5.74) is 4.80. The summed E-state index contributed by atoms with van der Waals surface area (Å²) in [6.07, 6.45) is 0.298. The molecule has 5 nitrogen and oxygen atoms in total. The van der Waals surface area contributed by atoms with E-state index in [1.54, 1.807) is 18.2 Å². The van der Waals surface area contributed by atoms with Gasteiger partial charge in [-0.2, -0.15) is 5.26 Å². The summed E-state index contributed by atoms with van der Waals surface area (Å²) in [6, 6.07) is 20.3. The second kappa shape index (κ2) is 10.8. The molecule has 182 valence electrons. The lowest BCUT2D eigenvalue weighted by Gasteiger charge is -2.20. The molecule has 1 saturated heterocycles. The molecule has 0 spiro atoms. The second-order valence-corrected chi connectivity index (χ2v) is 10.6. The highest BCUT2D eigenvalue weighted by atomic mass is 35.5. The van der Waals surface area contributed by atoms with E-state index in [1.807, 2.05) is 69.3 Å². The molecule has 0 aromatic heterocycles. The minimum atomic E-state index is -0.590. The van der Waals surface area contributed by atoms with Crippen LogP contribution in [-0.2, 0) is 16.0 Å². The molecule has 1 atom stereocenters. The number of hydrogen-bond acceptors (Lipinski definition) is 4. The quantitative estimate of drug-likeness (QED) is 0.282. The Balaban J connectivity index is 1.77. The van der Waals surface area contributed by atoms with E-state index < -0.39 is 11.2 Å². The lowest BCUT2D eigenvalue weighted by atomic mass is 10.1. The number of amides is 2. The highest BCUT2D eigenvalue weighted by molar-refractivity contribution is 8.05. The van der Waals surface area contributed by atoms with Gasteiger partial charge in [0, 0.05) is 11.4 Å². The third-order valence-corrected chi connectivity index (χ3v) is 8.09. The van der Waals surface area contributed by atoms with Gasteiger partial charge in [-0.1, -0.05) is 65.3 Å².